The summed E-state index contributed by atoms with van der Waals surface area (Å²) in [6.45, 7) is 1.89. The van der Waals surface area contributed by atoms with Crippen LogP contribution in [0.2, 0.25) is 0 Å². The molecule has 0 aliphatic carbocycles. The van der Waals surface area contributed by atoms with E-state index in [9.17, 15) is 0 Å². The average molecular weight is 207 g/mol. The lowest BCUT2D eigenvalue weighted by atomic mass is 10.2. The van der Waals surface area contributed by atoms with Crippen molar-refractivity contribution >= 4 is 34.8 Å². The quantitative estimate of drug-likeness (QED) is 0.344. The van der Waals surface area contributed by atoms with Gasteiger partial charge in [-0.25, -0.2) is 4.99 Å². The number of amidine groups is 1. The molecular weight excluding hydrogens is 194 g/mol. The molecule has 0 saturated carbocycles. The maximum absolute atomic E-state index is 5.73. The van der Waals surface area contributed by atoms with Gasteiger partial charge in [-0.05, 0) is 17.5 Å². The summed E-state index contributed by atoms with van der Waals surface area (Å²) in [6.07, 6.45) is 0. The Morgan fingerprint density at radius 3 is 2.71 bits per heavy atom. The number of hydrogen-bond donors (Lipinski definition) is 2. The van der Waals surface area contributed by atoms with Crippen molar-refractivity contribution in [1.29, 1.82) is 0 Å². The molecule has 14 heavy (non-hydrogen) atoms. The molecule has 0 radical (unpaired) electrons. The standard InChI is InChI=1S/C10H13N3S/c1-7(6-14)10(12)13-9-5-3-2-4-8(9)11/h2-7H,11H2,1H3,(H2,12,13). The SMILES string of the molecule is CC(C=S)C(N)=Nc1ccccc1N. The molecule has 0 aliphatic rings. The van der Waals surface area contributed by atoms with Crippen molar-refractivity contribution in [2.75, 3.05) is 5.73 Å². The Bertz CT molecular complexity index is 360. The van der Waals surface area contributed by atoms with Gasteiger partial charge in [0.05, 0.1) is 11.4 Å². The first-order valence-corrected chi connectivity index (χ1v) is 4.76. The first-order valence-electron chi connectivity index (χ1n) is 4.29. The van der Waals surface area contributed by atoms with Crippen LogP contribution in [-0.2, 0) is 0 Å². The van der Waals surface area contributed by atoms with Gasteiger partial charge < -0.3 is 11.5 Å². The highest BCUT2D eigenvalue weighted by Gasteiger charge is 2.03. The number of aliphatic imine (C=N–C) groups is 1. The predicted octanol–water partition coefficient (Wildman–Crippen LogP) is 1.89. The van der Waals surface area contributed by atoms with Crippen LogP contribution in [0.5, 0.6) is 0 Å². The van der Waals surface area contributed by atoms with Crippen LogP contribution in [0.25, 0.3) is 0 Å². The maximum atomic E-state index is 5.73. The lowest BCUT2D eigenvalue weighted by molar-refractivity contribution is 1.08. The molecule has 1 aromatic carbocycles. The van der Waals surface area contributed by atoms with Gasteiger partial charge in [0.25, 0.3) is 0 Å². The maximum Gasteiger partial charge on any atom is 0.107 e. The molecular formula is C10H13N3S. The van der Waals surface area contributed by atoms with Gasteiger partial charge >= 0.3 is 0 Å². The fourth-order valence-corrected chi connectivity index (χ4v) is 1.04. The predicted molar refractivity (Wildman–Crippen MR) is 65.0 cm³/mol. The Balaban J connectivity index is 2.97. The molecule has 1 unspecified atom stereocenters. The fraction of sp³-hybridized carbons (Fsp3) is 0.200. The first-order chi connectivity index (χ1) is 6.65. The van der Waals surface area contributed by atoms with Crippen LogP contribution in [0.15, 0.2) is 29.3 Å². The lowest BCUT2D eigenvalue weighted by Crippen LogP contribution is -2.21. The number of rotatable bonds is 3. The Labute approximate surface area is 88.8 Å². The molecule has 0 aromatic heterocycles. The van der Waals surface area contributed by atoms with Crippen LogP contribution in [0, 0.1) is 5.92 Å². The second-order valence-corrected chi connectivity index (χ2v) is 3.29. The third-order valence-corrected chi connectivity index (χ3v) is 2.27. The number of nitrogen functional groups attached to an aromatic ring is 1. The van der Waals surface area contributed by atoms with E-state index in [1.165, 1.54) is 0 Å². The van der Waals surface area contributed by atoms with Gasteiger partial charge in [0.2, 0.25) is 0 Å². The molecule has 3 nitrogen and oxygen atoms in total. The van der Waals surface area contributed by atoms with Crippen molar-refractivity contribution in [3.8, 4) is 0 Å². The molecule has 0 aliphatic heterocycles. The van der Waals surface area contributed by atoms with Crippen molar-refractivity contribution in [1.82, 2.24) is 0 Å². The van der Waals surface area contributed by atoms with Gasteiger partial charge in [0.1, 0.15) is 5.84 Å². The normalized spacial score (nSPS) is 13.6. The Hall–Kier alpha value is -1.42. The molecule has 0 bridgehead atoms. The van der Waals surface area contributed by atoms with Crippen molar-refractivity contribution in [3.05, 3.63) is 24.3 Å². The molecule has 74 valence electrons. The molecule has 1 atom stereocenters. The number of nitrogens with zero attached hydrogens (tertiary/aromatic N) is 1. The molecule has 4 N–H and O–H groups in total. The summed E-state index contributed by atoms with van der Waals surface area (Å²) in [4.78, 5) is 4.20. The summed E-state index contributed by atoms with van der Waals surface area (Å²) in [6, 6.07) is 7.32. The summed E-state index contributed by atoms with van der Waals surface area (Å²) in [5.74, 6) is 0.475. The Morgan fingerprint density at radius 2 is 2.14 bits per heavy atom. The van der Waals surface area contributed by atoms with Gasteiger partial charge in [-0.2, -0.15) is 0 Å². The molecule has 0 amide bonds. The van der Waals surface area contributed by atoms with Gasteiger partial charge in [-0.3, -0.25) is 0 Å². The molecule has 1 aromatic rings. The van der Waals surface area contributed by atoms with Crippen LogP contribution >= 0.6 is 12.2 Å². The van der Waals surface area contributed by atoms with Gasteiger partial charge in [-0.15, -0.1) is 0 Å². The van der Waals surface area contributed by atoms with Crippen LogP contribution < -0.4 is 11.5 Å². The minimum absolute atomic E-state index is 0.00962. The molecule has 1 rings (SSSR count). The zero-order valence-electron chi connectivity index (χ0n) is 7.97. The first kappa shape index (κ1) is 10.7. The topological polar surface area (TPSA) is 64.4 Å². The number of nitrogens with two attached hydrogens (primary N) is 2. The summed E-state index contributed by atoms with van der Waals surface area (Å²) in [7, 11) is 0. The smallest absolute Gasteiger partial charge is 0.107 e. The van der Waals surface area contributed by atoms with E-state index in [-0.39, 0.29) is 5.92 Å². The van der Waals surface area contributed by atoms with E-state index in [1.54, 1.807) is 11.4 Å². The van der Waals surface area contributed by atoms with Crippen molar-refractivity contribution in [3.63, 3.8) is 0 Å². The van der Waals surface area contributed by atoms with Gasteiger partial charge in [0.15, 0.2) is 0 Å². The molecule has 0 spiro atoms. The molecule has 0 saturated heterocycles. The Kier molecular flexibility index (Phi) is 3.59. The molecule has 0 heterocycles. The second kappa shape index (κ2) is 4.72. The monoisotopic (exact) mass is 207 g/mol. The zero-order chi connectivity index (χ0) is 10.6. The van der Waals surface area contributed by atoms with Crippen molar-refractivity contribution in [2.24, 2.45) is 16.6 Å². The molecule has 4 heteroatoms. The number of anilines is 1. The van der Waals surface area contributed by atoms with E-state index >= 15 is 0 Å². The zero-order valence-corrected chi connectivity index (χ0v) is 8.79. The van der Waals surface area contributed by atoms with E-state index < -0.39 is 0 Å². The van der Waals surface area contributed by atoms with Gasteiger partial charge in [-0.1, -0.05) is 31.3 Å². The van der Waals surface area contributed by atoms with Crippen molar-refractivity contribution < 1.29 is 0 Å². The van der Waals surface area contributed by atoms with Crippen LogP contribution in [0.1, 0.15) is 6.92 Å². The van der Waals surface area contributed by atoms with Gasteiger partial charge in [0, 0.05) is 5.92 Å². The highest BCUT2D eigenvalue weighted by Crippen LogP contribution is 2.20. The largest absolute Gasteiger partial charge is 0.397 e. The number of para-hydroxylation sites is 2. The summed E-state index contributed by atoms with van der Waals surface area (Å²) < 4.78 is 0. The van der Waals surface area contributed by atoms with Crippen LogP contribution in [0.3, 0.4) is 0 Å². The number of thiocarbonyl (C=S) groups is 1. The Morgan fingerprint density at radius 1 is 1.50 bits per heavy atom. The van der Waals surface area contributed by atoms with Crippen LogP contribution in [-0.4, -0.2) is 11.2 Å². The van der Waals surface area contributed by atoms with Crippen molar-refractivity contribution in [2.45, 2.75) is 6.92 Å². The third kappa shape index (κ3) is 2.53. The minimum atomic E-state index is -0.00962. The van der Waals surface area contributed by atoms with E-state index in [4.69, 9.17) is 23.7 Å². The summed E-state index contributed by atoms with van der Waals surface area (Å²) >= 11 is 4.78. The molecule has 0 fully saturated rings. The second-order valence-electron chi connectivity index (χ2n) is 3.02. The summed E-state index contributed by atoms with van der Waals surface area (Å²) in [5.41, 5.74) is 12.7. The fourth-order valence-electron chi connectivity index (χ4n) is 0.900. The highest BCUT2D eigenvalue weighted by atomic mass is 32.1. The summed E-state index contributed by atoms with van der Waals surface area (Å²) in [5, 5.41) is 1.58. The average Bonchev–Trinajstić information content (AvgIpc) is 2.20. The lowest BCUT2D eigenvalue weighted by Gasteiger charge is -2.05. The highest BCUT2D eigenvalue weighted by molar-refractivity contribution is 7.79. The van der Waals surface area contributed by atoms with Crippen LogP contribution in [0.4, 0.5) is 11.4 Å². The van der Waals surface area contributed by atoms with E-state index in [1.807, 2.05) is 25.1 Å². The number of benzene rings is 1. The third-order valence-electron chi connectivity index (χ3n) is 1.86. The van der Waals surface area contributed by atoms with E-state index in [0.717, 1.165) is 0 Å². The minimum Gasteiger partial charge on any atom is -0.397 e. The number of hydrogen-bond acceptors (Lipinski definition) is 3. The van der Waals surface area contributed by atoms with E-state index in [2.05, 4.69) is 4.99 Å². The van der Waals surface area contributed by atoms with E-state index in [0.29, 0.717) is 17.2 Å².